The average molecular weight is 575 g/mol. The molecule has 1 N–H and O–H groups in total. The molecule has 1 aliphatic heterocycles. The van der Waals surface area contributed by atoms with Gasteiger partial charge in [0.05, 0.1) is 16.3 Å². The number of thioether (sulfide) groups is 2. The van der Waals surface area contributed by atoms with E-state index in [1.54, 1.807) is 29.6 Å². The number of aliphatic hydroxyl groups excluding tert-OH is 1. The van der Waals surface area contributed by atoms with Crippen LogP contribution in [0.3, 0.4) is 0 Å². The predicted octanol–water partition coefficient (Wildman–Crippen LogP) is 8.59. The first-order valence-corrected chi connectivity index (χ1v) is 15.9. The molecule has 1 fully saturated rings. The zero-order valence-corrected chi connectivity index (χ0v) is 24.9. The van der Waals surface area contributed by atoms with Crippen LogP contribution < -0.4 is 0 Å². The third-order valence-corrected chi connectivity index (χ3v) is 10.5. The van der Waals surface area contributed by atoms with Gasteiger partial charge in [-0.25, -0.2) is 4.79 Å². The van der Waals surface area contributed by atoms with Crippen molar-refractivity contribution in [3.8, 4) is 0 Å². The third-order valence-electron chi connectivity index (χ3n) is 7.86. The summed E-state index contributed by atoms with van der Waals surface area (Å²) in [5.41, 5.74) is 1.92. The zero-order chi connectivity index (χ0) is 28.1. The van der Waals surface area contributed by atoms with Crippen LogP contribution in [0, 0.1) is 17.8 Å². The Morgan fingerprint density at radius 1 is 0.850 bits per heavy atom. The number of aliphatic hydroxyl groups is 1. The van der Waals surface area contributed by atoms with Crippen molar-refractivity contribution in [3.05, 3.63) is 108 Å². The Hall–Kier alpha value is -2.51. The van der Waals surface area contributed by atoms with Crippen LogP contribution in [0.2, 0.25) is 0 Å². The van der Waals surface area contributed by atoms with Crippen LogP contribution in [0.4, 0.5) is 0 Å². The molecular formula is C34H38O4S2. The van der Waals surface area contributed by atoms with E-state index in [2.05, 4.69) is 45.0 Å². The van der Waals surface area contributed by atoms with Crippen LogP contribution in [0.1, 0.15) is 61.8 Å². The van der Waals surface area contributed by atoms with Crippen molar-refractivity contribution in [1.82, 2.24) is 0 Å². The van der Waals surface area contributed by atoms with Crippen molar-refractivity contribution in [3.63, 3.8) is 0 Å². The summed E-state index contributed by atoms with van der Waals surface area (Å²) < 4.78 is 12.0. The molecule has 40 heavy (non-hydrogen) atoms. The molecule has 1 saturated carbocycles. The lowest BCUT2D eigenvalue weighted by atomic mass is 9.75. The molecule has 3 aromatic rings. The van der Waals surface area contributed by atoms with E-state index in [-0.39, 0.29) is 16.3 Å². The summed E-state index contributed by atoms with van der Waals surface area (Å²) >= 11 is 3.46. The normalized spacial score (nSPS) is 23.8. The molecule has 2 aliphatic rings. The van der Waals surface area contributed by atoms with Crippen LogP contribution in [0.5, 0.6) is 0 Å². The number of hydrogen-bond acceptors (Lipinski definition) is 6. The monoisotopic (exact) mass is 574 g/mol. The number of esters is 1. The first-order valence-electron chi connectivity index (χ1n) is 14.2. The van der Waals surface area contributed by atoms with Crippen molar-refractivity contribution in [2.24, 2.45) is 17.8 Å². The van der Waals surface area contributed by atoms with Gasteiger partial charge in [-0.05, 0) is 72.1 Å². The minimum absolute atomic E-state index is 0.0375. The van der Waals surface area contributed by atoms with E-state index < -0.39 is 18.4 Å². The van der Waals surface area contributed by atoms with Gasteiger partial charge in [-0.1, -0.05) is 87.9 Å². The number of ether oxygens (including phenoxy) is 2. The number of hydrogen-bond donors (Lipinski definition) is 1. The Balaban J connectivity index is 1.40. The number of benzene rings is 3. The van der Waals surface area contributed by atoms with Gasteiger partial charge in [0.1, 0.15) is 6.10 Å². The molecule has 6 heteroatoms. The lowest BCUT2D eigenvalue weighted by Gasteiger charge is -2.37. The second-order valence-electron chi connectivity index (χ2n) is 11.1. The van der Waals surface area contributed by atoms with Crippen molar-refractivity contribution in [2.75, 3.05) is 0 Å². The van der Waals surface area contributed by atoms with Crippen LogP contribution in [0.15, 0.2) is 106 Å². The van der Waals surface area contributed by atoms with Crippen LogP contribution in [-0.2, 0) is 14.3 Å². The summed E-state index contributed by atoms with van der Waals surface area (Å²) in [5, 5.41) is 11.6. The van der Waals surface area contributed by atoms with Gasteiger partial charge < -0.3 is 14.6 Å². The van der Waals surface area contributed by atoms with Gasteiger partial charge in [0.15, 0.2) is 0 Å². The molecule has 3 aromatic carbocycles. The lowest BCUT2D eigenvalue weighted by Crippen LogP contribution is -2.36. The minimum atomic E-state index is -1.11. The topological polar surface area (TPSA) is 55.8 Å². The molecule has 0 saturated heterocycles. The number of cyclic esters (lactones) is 1. The maximum absolute atomic E-state index is 13.0. The molecule has 210 valence electrons. The largest absolute Gasteiger partial charge is 0.428 e. The minimum Gasteiger partial charge on any atom is -0.428 e. The molecule has 1 heterocycles. The summed E-state index contributed by atoms with van der Waals surface area (Å²) in [7, 11) is 0. The first kappa shape index (κ1) is 29.0. The second kappa shape index (κ2) is 13.4. The molecule has 0 amide bonds. The van der Waals surface area contributed by atoms with Crippen molar-refractivity contribution >= 4 is 29.5 Å². The zero-order valence-electron chi connectivity index (χ0n) is 23.3. The highest BCUT2D eigenvalue weighted by molar-refractivity contribution is 8.16. The summed E-state index contributed by atoms with van der Waals surface area (Å²) in [4.78, 5) is 15.3. The maximum atomic E-state index is 13.0. The van der Waals surface area contributed by atoms with Crippen molar-refractivity contribution in [1.29, 1.82) is 0 Å². The summed E-state index contributed by atoms with van der Waals surface area (Å²) in [5.74, 6) is 1.000. The Morgan fingerprint density at radius 3 is 2.02 bits per heavy atom. The van der Waals surface area contributed by atoms with E-state index in [1.165, 1.54) is 6.42 Å². The summed E-state index contributed by atoms with van der Waals surface area (Å²) in [6.07, 6.45) is 3.12. The molecule has 5 atom stereocenters. The highest BCUT2D eigenvalue weighted by Crippen LogP contribution is 2.49. The van der Waals surface area contributed by atoms with Gasteiger partial charge in [-0.15, -0.1) is 23.5 Å². The predicted molar refractivity (Wildman–Crippen MR) is 163 cm³/mol. The quantitative estimate of drug-likeness (QED) is 0.149. The standard InChI is InChI=1S/C34H38O4S2/c1-22(2)26-19-18-23(3)20-30(26)37-31-21-29(33(36)38-31)32(35)27-16-10-11-17-28(27)34(39-24-12-6-4-7-13-24)40-25-14-8-5-9-15-25/h4-17,21-23,26,30-32,34-35H,18-20H2,1-3H3/t23-,26+,30-,31-,32+/m1/s1. The van der Waals surface area contributed by atoms with Crippen LogP contribution in [-0.4, -0.2) is 23.5 Å². The van der Waals surface area contributed by atoms with Crippen molar-refractivity contribution in [2.45, 2.75) is 72.9 Å². The van der Waals surface area contributed by atoms with Gasteiger partial charge in [-0.3, -0.25) is 0 Å². The van der Waals surface area contributed by atoms with Crippen LogP contribution >= 0.6 is 23.5 Å². The molecule has 0 radical (unpaired) electrons. The Labute approximate surface area is 246 Å². The van der Waals surface area contributed by atoms with E-state index in [0.29, 0.717) is 23.3 Å². The van der Waals surface area contributed by atoms with Gasteiger partial charge >= 0.3 is 5.97 Å². The lowest BCUT2D eigenvalue weighted by molar-refractivity contribution is -0.179. The van der Waals surface area contributed by atoms with Gasteiger partial charge in [0, 0.05) is 9.79 Å². The molecule has 0 aromatic heterocycles. The second-order valence-corrected chi connectivity index (χ2v) is 13.8. The van der Waals surface area contributed by atoms with E-state index >= 15 is 0 Å². The molecular weight excluding hydrogens is 537 g/mol. The first-order chi connectivity index (χ1) is 19.4. The number of rotatable bonds is 10. The Morgan fingerprint density at radius 2 is 1.43 bits per heavy atom. The fraction of sp³-hybridized carbons (Fsp3) is 0.382. The van der Waals surface area contributed by atoms with E-state index in [0.717, 1.165) is 28.2 Å². The van der Waals surface area contributed by atoms with E-state index in [9.17, 15) is 9.90 Å². The van der Waals surface area contributed by atoms with Gasteiger partial charge in [-0.2, -0.15) is 0 Å². The van der Waals surface area contributed by atoms with Gasteiger partial charge in [0.2, 0.25) is 6.29 Å². The number of carbonyl (C=O) groups excluding carboxylic acids is 1. The summed E-state index contributed by atoms with van der Waals surface area (Å²) in [6, 6.07) is 28.4. The Bertz CT molecular complexity index is 1250. The molecule has 0 spiro atoms. The Kier molecular flexibility index (Phi) is 9.74. The van der Waals surface area contributed by atoms with Crippen molar-refractivity contribution < 1.29 is 19.4 Å². The van der Waals surface area contributed by atoms with Gasteiger partial charge in [0.25, 0.3) is 0 Å². The maximum Gasteiger partial charge on any atom is 0.339 e. The molecule has 1 aliphatic carbocycles. The highest BCUT2D eigenvalue weighted by atomic mass is 32.2. The fourth-order valence-electron chi connectivity index (χ4n) is 5.67. The summed E-state index contributed by atoms with van der Waals surface area (Å²) in [6.45, 7) is 6.72. The smallest absolute Gasteiger partial charge is 0.339 e. The molecule has 5 rings (SSSR count). The van der Waals surface area contributed by atoms with E-state index in [1.807, 2.05) is 60.7 Å². The third kappa shape index (κ3) is 7.03. The average Bonchev–Trinajstić information content (AvgIpc) is 3.33. The fourth-order valence-corrected chi connectivity index (χ4v) is 8.34. The number of carbonyl (C=O) groups is 1. The molecule has 4 nitrogen and oxygen atoms in total. The molecule has 0 unspecified atom stereocenters. The molecule has 0 bridgehead atoms. The SMILES string of the molecule is CC(C)[C@@H]1CC[C@@H](C)C[C@H]1O[C@H]1C=C([C@@H](O)c2ccccc2C(Sc2ccccc2)Sc2ccccc2)C(=O)O1. The highest BCUT2D eigenvalue weighted by Gasteiger charge is 2.38. The van der Waals surface area contributed by atoms with E-state index in [4.69, 9.17) is 9.47 Å². The van der Waals surface area contributed by atoms with Crippen LogP contribution in [0.25, 0.3) is 0 Å².